The van der Waals surface area contributed by atoms with Crippen LogP contribution in [0.4, 0.5) is 0 Å². The van der Waals surface area contributed by atoms with E-state index in [1.165, 1.54) is 24.0 Å². The highest BCUT2D eigenvalue weighted by atomic mass is 14.9. The van der Waals surface area contributed by atoms with E-state index in [1.54, 1.807) is 5.57 Å². The molecule has 1 N–H and O–H groups in total. The Morgan fingerprint density at radius 1 is 1.26 bits per heavy atom. The summed E-state index contributed by atoms with van der Waals surface area (Å²) in [6.07, 6.45) is 15.8. The van der Waals surface area contributed by atoms with Gasteiger partial charge in [-0.2, -0.15) is 0 Å². The smallest absolute Gasteiger partial charge is 0.0267 e. The highest BCUT2D eigenvalue weighted by molar-refractivity contribution is 5.43. The van der Waals surface area contributed by atoms with Gasteiger partial charge in [-0.05, 0) is 48.3 Å². The molecule has 1 aliphatic rings. The molecule has 1 unspecified atom stereocenters. The molecule has 1 nitrogen and oxygen atoms in total. The molecule has 0 radical (unpaired) electrons. The van der Waals surface area contributed by atoms with Crippen LogP contribution in [-0.4, -0.2) is 6.54 Å². The van der Waals surface area contributed by atoms with Crippen LogP contribution >= 0.6 is 0 Å². The summed E-state index contributed by atoms with van der Waals surface area (Å²) in [6, 6.07) is 0. The molecule has 1 heteroatoms. The quantitative estimate of drug-likeness (QED) is 0.490. The lowest BCUT2D eigenvalue weighted by atomic mass is 9.94. The second-order valence-corrected chi connectivity index (χ2v) is 6.90. The second kappa shape index (κ2) is 10.3. The molecule has 0 heterocycles. The first kappa shape index (κ1) is 19.5. The SMILES string of the molecule is C=C(/C=C/C1=CCC(CC)=C(C(C)C)C=C1)NCCC(C)CC. The van der Waals surface area contributed by atoms with Crippen LogP contribution in [0.2, 0.25) is 0 Å². The van der Waals surface area contributed by atoms with E-state index in [0.29, 0.717) is 5.92 Å². The maximum atomic E-state index is 4.10. The average molecular weight is 314 g/mol. The third kappa shape index (κ3) is 7.07. The molecule has 0 bridgehead atoms. The van der Waals surface area contributed by atoms with Gasteiger partial charge in [-0.15, -0.1) is 0 Å². The minimum absolute atomic E-state index is 0.593. The zero-order chi connectivity index (χ0) is 17.2. The fourth-order valence-electron chi connectivity index (χ4n) is 2.74. The average Bonchev–Trinajstić information content (AvgIpc) is 2.74. The van der Waals surface area contributed by atoms with Gasteiger partial charge in [0.15, 0.2) is 0 Å². The summed E-state index contributed by atoms with van der Waals surface area (Å²) < 4.78 is 0. The zero-order valence-electron chi connectivity index (χ0n) is 15.8. The number of nitrogens with one attached hydrogen (secondary N) is 1. The molecule has 0 aromatic heterocycles. The predicted molar refractivity (Wildman–Crippen MR) is 104 cm³/mol. The molecule has 0 aliphatic heterocycles. The molecule has 23 heavy (non-hydrogen) atoms. The van der Waals surface area contributed by atoms with Crippen molar-refractivity contribution in [3.8, 4) is 0 Å². The maximum absolute atomic E-state index is 4.10. The van der Waals surface area contributed by atoms with Crippen molar-refractivity contribution in [1.82, 2.24) is 5.32 Å². The molecule has 128 valence electrons. The third-order valence-electron chi connectivity index (χ3n) is 4.66. The van der Waals surface area contributed by atoms with Crippen LogP contribution < -0.4 is 5.32 Å². The van der Waals surface area contributed by atoms with Crippen LogP contribution in [0, 0.1) is 11.8 Å². The van der Waals surface area contributed by atoms with Crippen molar-refractivity contribution in [3.63, 3.8) is 0 Å². The molecule has 0 amide bonds. The number of allylic oxidation sites excluding steroid dienone is 8. The minimum atomic E-state index is 0.593. The Morgan fingerprint density at radius 3 is 2.61 bits per heavy atom. The van der Waals surface area contributed by atoms with E-state index in [9.17, 15) is 0 Å². The Bertz CT molecular complexity index is 500. The van der Waals surface area contributed by atoms with Crippen LogP contribution in [-0.2, 0) is 0 Å². The van der Waals surface area contributed by atoms with Crippen molar-refractivity contribution in [2.24, 2.45) is 11.8 Å². The summed E-state index contributed by atoms with van der Waals surface area (Å²) in [4.78, 5) is 0. The lowest BCUT2D eigenvalue weighted by Crippen LogP contribution is -2.14. The minimum Gasteiger partial charge on any atom is -0.386 e. The predicted octanol–water partition coefficient (Wildman–Crippen LogP) is 6.33. The first-order chi connectivity index (χ1) is 11.0. The Morgan fingerprint density at radius 2 is 2.00 bits per heavy atom. The van der Waals surface area contributed by atoms with E-state index < -0.39 is 0 Å². The van der Waals surface area contributed by atoms with Gasteiger partial charge in [-0.1, -0.05) is 77.5 Å². The van der Waals surface area contributed by atoms with Gasteiger partial charge in [0, 0.05) is 12.2 Å². The van der Waals surface area contributed by atoms with E-state index in [4.69, 9.17) is 0 Å². The van der Waals surface area contributed by atoms with Gasteiger partial charge < -0.3 is 5.32 Å². The monoisotopic (exact) mass is 313 g/mol. The summed E-state index contributed by atoms with van der Waals surface area (Å²) in [7, 11) is 0. The van der Waals surface area contributed by atoms with E-state index in [2.05, 4.69) is 76.9 Å². The van der Waals surface area contributed by atoms with E-state index in [1.807, 2.05) is 0 Å². The van der Waals surface area contributed by atoms with Crippen molar-refractivity contribution in [3.05, 3.63) is 59.4 Å². The van der Waals surface area contributed by atoms with E-state index >= 15 is 0 Å². The van der Waals surface area contributed by atoms with Gasteiger partial charge in [0.05, 0.1) is 0 Å². The Hall–Kier alpha value is -1.50. The standard InChI is InChI=1S/C22H35N/c1-7-18(5)15-16-23-19(6)9-10-20-11-13-21(8-2)22(14-12-20)17(3)4/h9-12,14,17-18,23H,6-8,13,15-16H2,1-5H3/b10-9+. The molecule has 0 spiro atoms. The van der Waals surface area contributed by atoms with Crippen molar-refractivity contribution in [2.75, 3.05) is 6.54 Å². The highest BCUT2D eigenvalue weighted by Crippen LogP contribution is 2.26. The summed E-state index contributed by atoms with van der Waals surface area (Å²) in [5, 5.41) is 3.41. The summed E-state index contributed by atoms with van der Waals surface area (Å²) in [5.41, 5.74) is 5.33. The van der Waals surface area contributed by atoms with Crippen LogP contribution in [0.3, 0.4) is 0 Å². The first-order valence-electron chi connectivity index (χ1n) is 9.18. The Kier molecular flexibility index (Phi) is 8.76. The van der Waals surface area contributed by atoms with Gasteiger partial charge >= 0.3 is 0 Å². The largest absolute Gasteiger partial charge is 0.386 e. The summed E-state index contributed by atoms with van der Waals surface area (Å²) in [5.74, 6) is 1.37. The van der Waals surface area contributed by atoms with Crippen LogP contribution in [0.1, 0.15) is 60.3 Å². The molecule has 1 atom stereocenters. The van der Waals surface area contributed by atoms with Crippen molar-refractivity contribution in [2.45, 2.75) is 60.3 Å². The molecular formula is C22H35N. The second-order valence-electron chi connectivity index (χ2n) is 6.90. The molecule has 0 saturated carbocycles. The number of hydrogen-bond acceptors (Lipinski definition) is 1. The van der Waals surface area contributed by atoms with E-state index in [0.717, 1.165) is 31.0 Å². The first-order valence-corrected chi connectivity index (χ1v) is 9.18. The topological polar surface area (TPSA) is 12.0 Å². The van der Waals surface area contributed by atoms with Gasteiger partial charge in [0.25, 0.3) is 0 Å². The summed E-state index contributed by atoms with van der Waals surface area (Å²) in [6.45, 7) is 16.5. The normalized spacial score (nSPS) is 16.7. The molecule has 0 aromatic rings. The summed E-state index contributed by atoms with van der Waals surface area (Å²) >= 11 is 0. The molecule has 0 aromatic carbocycles. The van der Waals surface area contributed by atoms with Crippen molar-refractivity contribution in [1.29, 1.82) is 0 Å². The highest BCUT2D eigenvalue weighted by Gasteiger charge is 2.08. The van der Waals surface area contributed by atoms with Crippen molar-refractivity contribution < 1.29 is 0 Å². The zero-order valence-corrected chi connectivity index (χ0v) is 15.8. The van der Waals surface area contributed by atoms with Crippen LogP contribution in [0.15, 0.2) is 59.4 Å². The lowest BCUT2D eigenvalue weighted by molar-refractivity contribution is 0.505. The van der Waals surface area contributed by atoms with E-state index in [-0.39, 0.29) is 0 Å². The molecule has 1 aliphatic carbocycles. The molecule has 1 rings (SSSR count). The Balaban J connectivity index is 2.57. The third-order valence-corrected chi connectivity index (χ3v) is 4.66. The number of rotatable bonds is 9. The van der Waals surface area contributed by atoms with Gasteiger partial charge in [-0.3, -0.25) is 0 Å². The fraction of sp³-hybridized carbons (Fsp3) is 0.545. The van der Waals surface area contributed by atoms with Gasteiger partial charge in [0.2, 0.25) is 0 Å². The van der Waals surface area contributed by atoms with Gasteiger partial charge in [-0.25, -0.2) is 0 Å². The molecule has 0 saturated heterocycles. The molecular weight excluding hydrogens is 278 g/mol. The number of hydrogen-bond donors (Lipinski definition) is 1. The van der Waals surface area contributed by atoms with Crippen LogP contribution in [0.5, 0.6) is 0 Å². The maximum Gasteiger partial charge on any atom is 0.0267 e. The van der Waals surface area contributed by atoms with Crippen molar-refractivity contribution >= 4 is 0 Å². The Labute approximate surface area is 143 Å². The fourth-order valence-corrected chi connectivity index (χ4v) is 2.74. The van der Waals surface area contributed by atoms with Gasteiger partial charge in [0.1, 0.15) is 0 Å². The molecule has 0 fully saturated rings. The van der Waals surface area contributed by atoms with Crippen LogP contribution in [0.25, 0.3) is 0 Å². The lowest BCUT2D eigenvalue weighted by Gasteiger charge is -2.11.